The van der Waals surface area contributed by atoms with Crippen LogP contribution in [0.1, 0.15) is 22.3 Å². The molecule has 0 atom stereocenters. The molecular formula is C7H3BrF2INO2. The Morgan fingerprint density at radius 2 is 2.21 bits per heavy atom. The smallest absolute Gasteiger partial charge is 0.337 e. The number of carboxylic acid groups (broad SMARTS) is 1. The Labute approximate surface area is 99.8 Å². The second-order valence-electron chi connectivity index (χ2n) is 2.30. The first-order valence-corrected chi connectivity index (χ1v) is 5.17. The fourth-order valence-electron chi connectivity index (χ4n) is 0.861. The zero-order valence-corrected chi connectivity index (χ0v) is 10.2. The average Bonchev–Trinajstić information content (AvgIpc) is 2.08. The Bertz CT molecular complexity index is 386. The molecular weight excluding hydrogens is 375 g/mol. The molecule has 0 aromatic carbocycles. The van der Waals surface area contributed by atoms with Crippen molar-refractivity contribution in [1.82, 2.24) is 4.98 Å². The molecule has 76 valence electrons. The highest BCUT2D eigenvalue weighted by atomic mass is 127. The van der Waals surface area contributed by atoms with Gasteiger partial charge in [-0.05, 0) is 38.5 Å². The van der Waals surface area contributed by atoms with Crippen LogP contribution in [-0.2, 0) is 0 Å². The Morgan fingerprint density at radius 3 is 2.64 bits per heavy atom. The number of aromatic nitrogens is 1. The van der Waals surface area contributed by atoms with Crippen LogP contribution >= 0.6 is 38.5 Å². The van der Waals surface area contributed by atoms with E-state index in [1.807, 2.05) is 0 Å². The number of aromatic carboxylic acids is 1. The molecule has 0 saturated carbocycles. The molecule has 7 heteroatoms. The fourth-order valence-corrected chi connectivity index (χ4v) is 1.84. The highest BCUT2D eigenvalue weighted by Crippen LogP contribution is 2.31. The number of pyridine rings is 1. The van der Waals surface area contributed by atoms with Crippen LogP contribution in [0.4, 0.5) is 8.78 Å². The summed E-state index contributed by atoms with van der Waals surface area (Å²) in [6, 6.07) is 0. The van der Waals surface area contributed by atoms with Gasteiger partial charge < -0.3 is 5.11 Å². The Morgan fingerprint density at radius 1 is 1.64 bits per heavy atom. The Kier molecular flexibility index (Phi) is 3.76. The second kappa shape index (κ2) is 4.47. The van der Waals surface area contributed by atoms with Gasteiger partial charge in [-0.15, -0.1) is 0 Å². The van der Waals surface area contributed by atoms with E-state index in [-0.39, 0.29) is 8.17 Å². The minimum absolute atomic E-state index is 0.123. The molecule has 1 aromatic rings. The normalized spacial score (nSPS) is 10.6. The molecule has 0 aliphatic rings. The molecule has 0 spiro atoms. The van der Waals surface area contributed by atoms with Crippen molar-refractivity contribution in [1.29, 1.82) is 0 Å². The zero-order chi connectivity index (χ0) is 10.9. The van der Waals surface area contributed by atoms with Crippen molar-refractivity contribution in [3.8, 4) is 0 Å². The largest absolute Gasteiger partial charge is 0.478 e. The maximum Gasteiger partial charge on any atom is 0.337 e. The first kappa shape index (κ1) is 11.8. The molecule has 0 unspecified atom stereocenters. The number of carbonyl (C=O) groups is 1. The van der Waals surface area contributed by atoms with Crippen LogP contribution in [-0.4, -0.2) is 16.1 Å². The molecule has 0 fully saturated rings. The van der Waals surface area contributed by atoms with Crippen molar-refractivity contribution in [2.24, 2.45) is 0 Å². The summed E-state index contributed by atoms with van der Waals surface area (Å²) in [5, 5.41) is 8.64. The highest BCUT2D eigenvalue weighted by molar-refractivity contribution is 14.1. The van der Waals surface area contributed by atoms with Crippen LogP contribution in [0.25, 0.3) is 0 Å². The fraction of sp³-hybridized carbons (Fsp3) is 0.143. The average molecular weight is 378 g/mol. The maximum atomic E-state index is 12.5. The van der Waals surface area contributed by atoms with Gasteiger partial charge in [-0.25, -0.2) is 18.6 Å². The summed E-state index contributed by atoms with van der Waals surface area (Å²) in [7, 11) is 0. The topological polar surface area (TPSA) is 50.2 Å². The van der Waals surface area contributed by atoms with Gasteiger partial charge >= 0.3 is 5.97 Å². The molecule has 0 saturated heterocycles. The van der Waals surface area contributed by atoms with Crippen molar-refractivity contribution in [3.05, 3.63) is 25.5 Å². The lowest BCUT2D eigenvalue weighted by Gasteiger charge is -2.07. The van der Waals surface area contributed by atoms with Crippen LogP contribution in [0.5, 0.6) is 0 Å². The van der Waals surface area contributed by atoms with E-state index in [1.54, 1.807) is 22.6 Å². The number of halogens is 4. The van der Waals surface area contributed by atoms with Crippen LogP contribution in [0.2, 0.25) is 0 Å². The predicted molar refractivity (Wildman–Crippen MR) is 56.6 cm³/mol. The summed E-state index contributed by atoms with van der Waals surface area (Å²) < 4.78 is 25.4. The van der Waals surface area contributed by atoms with Gasteiger partial charge in [0.05, 0.1) is 9.13 Å². The quantitative estimate of drug-likeness (QED) is 0.636. The lowest BCUT2D eigenvalue weighted by Crippen LogP contribution is -2.06. The van der Waals surface area contributed by atoms with Gasteiger partial charge in [0.15, 0.2) is 0 Å². The lowest BCUT2D eigenvalue weighted by molar-refractivity contribution is 0.0683. The van der Waals surface area contributed by atoms with Crippen LogP contribution in [0.3, 0.4) is 0 Å². The number of hydrogen-bond donors (Lipinski definition) is 1. The number of alkyl halides is 2. The summed E-state index contributed by atoms with van der Waals surface area (Å²) in [5.74, 6) is -1.40. The third-order valence-corrected chi connectivity index (χ3v) is 3.90. The van der Waals surface area contributed by atoms with Crippen molar-refractivity contribution in [3.63, 3.8) is 0 Å². The minimum Gasteiger partial charge on any atom is -0.478 e. The molecule has 0 amide bonds. The van der Waals surface area contributed by atoms with E-state index in [2.05, 4.69) is 20.9 Å². The van der Waals surface area contributed by atoms with E-state index in [4.69, 9.17) is 5.11 Å². The summed E-state index contributed by atoms with van der Waals surface area (Å²) in [6.45, 7) is 0. The summed E-state index contributed by atoms with van der Waals surface area (Å²) >= 11 is 4.58. The van der Waals surface area contributed by atoms with Crippen LogP contribution < -0.4 is 0 Å². The van der Waals surface area contributed by atoms with Crippen LogP contribution in [0, 0.1) is 3.57 Å². The molecule has 1 N–H and O–H groups in total. The summed E-state index contributed by atoms with van der Waals surface area (Å²) in [6.07, 6.45) is -1.91. The molecule has 1 heterocycles. The number of rotatable bonds is 2. The highest BCUT2D eigenvalue weighted by Gasteiger charge is 2.23. The predicted octanol–water partition coefficient (Wildman–Crippen LogP) is 3.08. The molecule has 0 bridgehead atoms. The molecule has 14 heavy (non-hydrogen) atoms. The van der Waals surface area contributed by atoms with Gasteiger partial charge in [-0.1, -0.05) is 0 Å². The Balaban J connectivity index is 3.45. The standard InChI is InChI=1S/C7H3BrF2INO2/c8-5-4(11)3(6(9)10)2(1-12-5)7(13)14/h1,6H,(H,13,14). The van der Waals surface area contributed by atoms with Crippen molar-refractivity contribution in [2.75, 3.05) is 0 Å². The Hall–Kier alpha value is -0.310. The SMILES string of the molecule is O=C(O)c1cnc(Br)c(I)c1C(F)F. The molecule has 3 nitrogen and oxygen atoms in total. The first-order valence-electron chi connectivity index (χ1n) is 3.30. The molecule has 0 aliphatic carbocycles. The first-order chi connectivity index (χ1) is 6.45. The van der Waals surface area contributed by atoms with Crippen molar-refractivity contribution in [2.45, 2.75) is 6.43 Å². The molecule has 1 aromatic heterocycles. The number of carboxylic acids is 1. The maximum absolute atomic E-state index is 12.5. The molecule has 0 aliphatic heterocycles. The minimum atomic E-state index is -2.83. The third-order valence-electron chi connectivity index (χ3n) is 1.46. The number of hydrogen-bond acceptors (Lipinski definition) is 2. The second-order valence-corrected chi connectivity index (χ2v) is 4.13. The van der Waals surface area contributed by atoms with Gasteiger partial charge in [-0.2, -0.15) is 0 Å². The number of nitrogens with zero attached hydrogens (tertiary/aromatic N) is 1. The van der Waals surface area contributed by atoms with E-state index < -0.39 is 23.5 Å². The van der Waals surface area contributed by atoms with E-state index in [1.165, 1.54) is 0 Å². The van der Waals surface area contributed by atoms with Gasteiger partial charge in [-0.3, -0.25) is 0 Å². The van der Waals surface area contributed by atoms with E-state index in [9.17, 15) is 13.6 Å². The van der Waals surface area contributed by atoms with E-state index in [0.29, 0.717) is 0 Å². The van der Waals surface area contributed by atoms with Gasteiger partial charge in [0.2, 0.25) is 0 Å². The monoisotopic (exact) mass is 377 g/mol. The third kappa shape index (κ3) is 2.19. The zero-order valence-electron chi connectivity index (χ0n) is 6.47. The summed E-state index contributed by atoms with van der Waals surface area (Å²) in [5.41, 5.74) is -0.965. The van der Waals surface area contributed by atoms with Gasteiger partial charge in [0.25, 0.3) is 6.43 Å². The van der Waals surface area contributed by atoms with Crippen LogP contribution in [0.15, 0.2) is 10.8 Å². The summed E-state index contributed by atoms with van der Waals surface area (Å²) in [4.78, 5) is 14.2. The van der Waals surface area contributed by atoms with E-state index >= 15 is 0 Å². The van der Waals surface area contributed by atoms with Gasteiger partial charge in [0, 0.05) is 11.8 Å². The molecule has 0 radical (unpaired) electrons. The lowest BCUT2D eigenvalue weighted by atomic mass is 10.1. The van der Waals surface area contributed by atoms with Crippen molar-refractivity contribution < 1.29 is 18.7 Å². The van der Waals surface area contributed by atoms with E-state index in [0.717, 1.165) is 6.20 Å². The molecule has 1 rings (SSSR count). The van der Waals surface area contributed by atoms with Crippen molar-refractivity contribution >= 4 is 44.5 Å². The van der Waals surface area contributed by atoms with Gasteiger partial charge in [0.1, 0.15) is 4.60 Å².